The van der Waals surface area contributed by atoms with Crippen molar-refractivity contribution < 1.29 is 16.8 Å². The van der Waals surface area contributed by atoms with Crippen molar-refractivity contribution in [2.75, 3.05) is 13.6 Å². The minimum absolute atomic E-state index is 0. The Hall–Kier alpha value is -0.710. The molecule has 2 rings (SSSR count). The summed E-state index contributed by atoms with van der Waals surface area (Å²) in [6, 6.07) is 4.95. The lowest BCUT2D eigenvalue weighted by Crippen LogP contribution is -2.39. The van der Waals surface area contributed by atoms with E-state index < -0.39 is 20.0 Å². The number of nitrogens with two attached hydrogens (primary N) is 1. The van der Waals surface area contributed by atoms with Gasteiger partial charge in [0.25, 0.3) is 0 Å². The van der Waals surface area contributed by atoms with Crippen molar-refractivity contribution >= 4 is 32.5 Å². The monoisotopic (exact) mass is 383 g/mol. The molecule has 132 valence electrons. The maximum Gasteiger partial charge on any atom is 0.243 e. The minimum Gasteiger partial charge on any atom is -0.329 e. The van der Waals surface area contributed by atoms with Crippen molar-refractivity contribution in [3.63, 3.8) is 0 Å². The highest BCUT2D eigenvalue weighted by Gasteiger charge is 2.30. The van der Waals surface area contributed by atoms with Gasteiger partial charge in [-0.2, -0.15) is 4.31 Å². The lowest BCUT2D eigenvalue weighted by molar-refractivity contribution is 0.394. The molecule has 1 aliphatic rings. The molecule has 1 atom stereocenters. The third-order valence-corrected chi connectivity index (χ3v) is 7.14. The zero-order valence-corrected chi connectivity index (χ0v) is 15.4. The molecule has 23 heavy (non-hydrogen) atoms. The van der Waals surface area contributed by atoms with Crippen molar-refractivity contribution in [2.45, 2.75) is 41.6 Å². The largest absolute Gasteiger partial charge is 0.329 e. The van der Waals surface area contributed by atoms with Crippen LogP contribution in [0.5, 0.6) is 0 Å². The quantitative estimate of drug-likeness (QED) is 0.713. The van der Waals surface area contributed by atoms with Crippen LogP contribution < -0.4 is 10.5 Å². The van der Waals surface area contributed by atoms with E-state index in [9.17, 15) is 16.8 Å². The smallest absolute Gasteiger partial charge is 0.243 e. The van der Waals surface area contributed by atoms with Gasteiger partial charge in [-0.1, -0.05) is 6.07 Å². The number of sulfonamides is 2. The van der Waals surface area contributed by atoms with Gasteiger partial charge in [0.2, 0.25) is 20.0 Å². The molecule has 0 saturated heterocycles. The van der Waals surface area contributed by atoms with Crippen molar-refractivity contribution in [3.05, 3.63) is 24.3 Å². The van der Waals surface area contributed by atoms with Crippen LogP contribution in [0.2, 0.25) is 0 Å². The second-order valence-electron chi connectivity index (χ2n) is 5.48. The lowest BCUT2D eigenvalue weighted by atomic mass is 10.4. The molecule has 0 radical (unpaired) electrons. The van der Waals surface area contributed by atoms with E-state index in [-0.39, 0.29) is 40.8 Å². The van der Waals surface area contributed by atoms with Gasteiger partial charge in [-0.25, -0.2) is 21.6 Å². The van der Waals surface area contributed by atoms with Crippen LogP contribution in [0.1, 0.15) is 19.8 Å². The molecule has 1 aliphatic carbocycles. The van der Waals surface area contributed by atoms with E-state index in [4.69, 9.17) is 5.73 Å². The van der Waals surface area contributed by atoms with Gasteiger partial charge in [0.15, 0.2) is 0 Å². The Kier molecular flexibility index (Phi) is 6.59. The molecule has 0 heterocycles. The molecular formula is C13H22ClN3O4S2. The number of benzene rings is 1. The van der Waals surface area contributed by atoms with E-state index in [1.165, 1.54) is 31.3 Å². The summed E-state index contributed by atoms with van der Waals surface area (Å²) in [5.74, 6) is 0. The summed E-state index contributed by atoms with van der Waals surface area (Å²) in [6.45, 7) is 1.86. The molecule has 10 heteroatoms. The summed E-state index contributed by atoms with van der Waals surface area (Å²) in [5.41, 5.74) is 5.50. The fourth-order valence-corrected chi connectivity index (χ4v) is 4.69. The first kappa shape index (κ1) is 20.3. The van der Waals surface area contributed by atoms with E-state index in [1.807, 2.05) is 0 Å². The number of likely N-dealkylation sites (N-methyl/N-ethyl adjacent to an activating group) is 1. The number of nitrogens with zero attached hydrogens (tertiary/aromatic N) is 1. The molecule has 0 aliphatic heterocycles. The summed E-state index contributed by atoms with van der Waals surface area (Å²) in [5, 5.41) is 0. The van der Waals surface area contributed by atoms with Crippen LogP contribution in [0.25, 0.3) is 0 Å². The van der Waals surface area contributed by atoms with E-state index in [0.717, 1.165) is 17.1 Å². The van der Waals surface area contributed by atoms with Gasteiger partial charge < -0.3 is 5.73 Å². The maximum atomic E-state index is 12.5. The van der Waals surface area contributed by atoms with Gasteiger partial charge in [-0.05, 0) is 38.0 Å². The normalized spacial score (nSPS) is 16.9. The van der Waals surface area contributed by atoms with Gasteiger partial charge in [-0.15, -0.1) is 12.4 Å². The third-order valence-electron chi connectivity index (χ3n) is 3.65. The average molecular weight is 384 g/mol. The van der Waals surface area contributed by atoms with Crippen LogP contribution in [-0.4, -0.2) is 46.8 Å². The van der Waals surface area contributed by atoms with Crippen LogP contribution in [0.4, 0.5) is 0 Å². The molecule has 0 amide bonds. The maximum absolute atomic E-state index is 12.5. The van der Waals surface area contributed by atoms with E-state index in [0.29, 0.717) is 0 Å². The molecule has 0 aromatic heterocycles. The van der Waals surface area contributed by atoms with Crippen LogP contribution in [-0.2, 0) is 20.0 Å². The van der Waals surface area contributed by atoms with Crippen molar-refractivity contribution in [1.82, 2.24) is 9.03 Å². The van der Waals surface area contributed by atoms with Crippen LogP contribution >= 0.6 is 12.4 Å². The molecule has 7 nitrogen and oxygen atoms in total. The molecule has 1 aromatic carbocycles. The molecule has 0 bridgehead atoms. The average Bonchev–Trinajstić information content (AvgIpc) is 3.29. The van der Waals surface area contributed by atoms with Crippen molar-refractivity contribution in [3.8, 4) is 0 Å². The van der Waals surface area contributed by atoms with Gasteiger partial charge in [-0.3, -0.25) is 0 Å². The van der Waals surface area contributed by atoms with Crippen LogP contribution in [0.15, 0.2) is 34.1 Å². The predicted molar refractivity (Wildman–Crippen MR) is 90.5 cm³/mol. The summed E-state index contributed by atoms with van der Waals surface area (Å²) in [6.07, 6.45) is 1.63. The Morgan fingerprint density at radius 3 is 2.35 bits per heavy atom. The predicted octanol–water partition coefficient (Wildman–Crippen LogP) is 0.517. The van der Waals surface area contributed by atoms with E-state index >= 15 is 0 Å². The zero-order chi connectivity index (χ0) is 16.5. The van der Waals surface area contributed by atoms with Gasteiger partial charge in [0.05, 0.1) is 9.79 Å². The highest BCUT2D eigenvalue weighted by Crippen LogP contribution is 2.24. The molecule has 0 spiro atoms. The summed E-state index contributed by atoms with van der Waals surface area (Å²) in [4.78, 5) is -0.108. The first-order valence-electron chi connectivity index (χ1n) is 6.99. The highest BCUT2D eigenvalue weighted by atomic mass is 35.5. The highest BCUT2D eigenvalue weighted by molar-refractivity contribution is 7.90. The summed E-state index contributed by atoms with van der Waals surface area (Å²) < 4.78 is 53.0. The first-order valence-corrected chi connectivity index (χ1v) is 9.91. The Balaban J connectivity index is 0.00000264. The molecule has 1 fully saturated rings. The van der Waals surface area contributed by atoms with Crippen LogP contribution in [0.3, 0.4) is 0 Å². The van der Waals surface area contributed by atoms with E-state index in [2.05, 4.69) is 4.72 Å². The molecule has 1 saturated carbocycles. The molecule has 1 unspecified atom stereocenters. The second kappa shape index (κ2) is 7.45. The number of halogens is 1. The van der Waals surface area contributed by atoms with E-state index in [1.54, 1.807) is 6.92 Å². The van der Waals surface area contributed by atoms with Crippen molar-refractivity contribution in [2.24, 2.45) is 5.73 Å². The number of hydrogen-bond acceptors (Lipinski definition) is 5. The number of nitrogens with one attached hydrogen (secondary N) is 1. The summed E-state index contributed by atoms with van der Waals surface area (Å²) >= 11 is 0. The number of hydrogen-bond donors (Lipinski definition) is 2. The minimum atomic E-state index is -3.78. The fourth-order valence-electron chi connectivity index (χ4n) is 1.84. The standard InChI is InChI=1S/C13H21N3O4S2.ClH/c1-10(9-14)16(2)22(19,20)13-5-3-4-12(8-13)21(17,18)15-11-6-7-11;/h3-5,8,10-11,15H,6-7,9,14H2,1-2H3;1H. The van der Waals surface area contributed by atoms with Gasteiger partial charge in [0, 0.05) is 25.7 Å². The summed E-state index contributed by atoms with van der Waals surface area (Å²) in [7, 11) is -6.05. The molecular weight excluding hydrogens is 362 g/mol. The lowest BCUT2D eigenvalue weighted by Gasteiger charge is -2.23. The second-order valence-corrected chi connectivity index (χ2v) is 9.19. The zero-order valence-electron chi connectivity index (χ0n) is 13.0. The molecule has 1 aromatic rings. The Morgan fingerprint density at radius 2 is 1.83 bits per heavy atom. The molecule has 3 N–H and O–H groups in total. The first-order chi connectivity index (χ1) is 10.2. The SMILES string of the molecule is CC(CN)N(C)S(=O)(=O)c1cccc(S(=O)(=O)NC2CC2)c1.Cl. The topological polar surface area (TPSA) is 110 Å². The Morgan fingerprint density at radius 1 is 1.26 bits per heavy atom. The third kappa shape index (κ3) is 4.65. The number of rotatable bonds is 7. The van der Waals surface area contributed by atoms with Crippen molar-refractivity contribution in [1.29, 1.82) is 0 Å². The van der Waals surface area contributed by atoms with Gasteiger partial charge >= 0.3 is 0 Å². The Bertz CT molecular complexity index is 748. The Labute approximate surface area is 143 Å². The fraction of sp³-hybridized carbons (Fsp3) is 0.538. The van der Waals surface area contributed by atoms with Crippen LogP contribution in [0, 0.1) is 0 Å². The van der Waals surface area contributed by atoms with Gasteiger partial charge in [0.1, 0.15) is 0 Å².